The number of anilines is 1. The number of hydrogen-bond donors (Lipinski definition) is 2. The second-order valence-electron chi connectivity index (χ2n) is 3.03. The molecule has 2 nitrogen and oxygen atoms in total. The fourth-order valence-electron chi connectivity index (χ4n) is 0.981. The molecule has 0 aliphatic rings. The zero-order valence-electron chi connectivity index (χ0n) is 7.85. The minimum Gasteiger partial charge on any atom is -0.382 e. The van der Waals surface area contributed by atoms with E-state index in [2.05, 4.69) is 5.32 Å². The highest BCUT2D eigenvalue weighted by molar-refractivity contribution is 6.33. The van der Waals surface area contributed by atoms with E-state index in [0.29, 0.717) is 0 Å². The number of hydrogen-bond acceptors (Lipinski definition) is 2. The van der Waals surface area contributed by atoms with Crippen LogP contribution in [0.5, 0.6) is 0 Å². The van der Waals surface area contributed by atoms with Crippen LogP contribution in [0.4, 0.5) is 23.2 Å². The summed E-state index contributed by atoms with van der Waals surface area (Å²) in [5.41, 5.74) is -0.257. The van der Waals surface area contributed by atoms with Crippen molar-refractivity contribution in [2.24, 2.45) is 0 Å². The van der Waals surface area contributed by atoms with Gasteiger partial charge in [0.2, 0.25) is 0 Å². The minimum atomic E-state index is -4.75. The third-order valence-electron chi connectivity index (χ3n) is 1.81. The second-order valence-corrected chi connectivity index (χ2v) is 3.44. The Bertz CT molecular complexity index is 349. The molecule has 0 fully saturated rings. The number of nitrogens with one attached hydrogen (secondary N) is 1. The van der Waals surface area contributed by atoms with Gasteiger partial charge in [-0.1, -0.05) is 17.7 Å². The molecular weight excluding hydrogens is 250 g/mol. The first-order valence-electron chi connectivity index (χ1n) is 4.25. The van der Waals surface area contributed by atoms with Crippen molar-refractivity contribution in [1.29, 1.82) is 0 Å². The van der Waals surface area contributed by atoms with Gasteiger partial charge < -0.3 is 10.4 Å². The number of benzene rings is 1. The fourth-order valence-corrected chi connectivity index (χ4v) is 1.21. The predicted molar refractivity (Wildman–Crippen MR) is 52.0 cm³/mol. The second kappa shape index (κ2) is 4.88. The van der Waals surface area contributed by atoms with Crippen molar-refractivity contribution in [3.63, 3.8) is 0 Å². The Morgan fingerprint density at radius 1 is 1.38 bits per heavy atom. The molecule has 16 heavy (non-hydrogen) atoms. The van der Waals surface area contributed by atoms with Gasteiger partial charge in [-0.2, -0.15) is 13.2 Å². The Hall–Kier alpha value is -1.01. The van der Waals surface area contributed by atoms with Gasteiger partial charge in [0.05, 0.1) is 10.7 Å². The quantitative estimate of drug-likeness (QED) is 0.816. The molecule has 0 aromatic heterocycles. The van der Waals surface area contributed by atoms with E-state index in [-0.39, 0.29) is 10.7 Å². The summed E-state index contributed by atoms with van der Waals surface area (Å²) in [5, 5.41) is 10.7. The van der Waals surface area contributed by atoms with Gasteiger partial charge in [0.15, 0.2) is 6.10 Å². The van der Waals surface area contributed by atoms with Crippen LogP contribution in [-0.4, -0.2) is 23.9 Å². The lowest BCUT2D eigenvalue weighted by Gasteiger charge is -2.16. The molecule has 1 aromatic rings. The molecule has 1 atom stereocenters. The Kier molecular flexibility index (Phi) is 3.98. The third-order valence-corrected chi connectivity index (χ3v) is 2.13. The summed E-state index contributed by atoms with van der Waals surface area (Å²) < 4.78 is 48.9. The van der Waals surface area contributed by atoms with E-state index in [1.165, 1.54) is 12.1 Å². The lowest BCUT2D eigenvalue weighted by molar-refractivity contribution is -0.198. The Morgan fingerprint density at radius 2 is 2.00 bits per heavy atom. The van der Waals surface area contributed by atoms with E-state index in [9.17, 15) is 17.6 Å². The molecule has 1 unspecified atom stereocenters. The fraction of sp³-hybridized carbons (Fsp3) is 0.333. The molecule has 0 heterocycles. The standard InChI is InChI=1S/C9H8ClF4NO/c10-5-2-1-3-6(11)8(5)15-4-7(16)9(12,13)14/h1-3,7,15-16H,4H2. The average molecular weight is 258 g/mol. The van der Waals surface area contributed by atoms with Crippen LogP contribution in [0.1, 0.15) is 0 Å². The van der Waals surface area contributed by atoms with Crippen LogP contribution in [-0.2, 0) is 0 Å². The van der Waals surface area contributed by atoms with Crippen molar-refractivity contribution in [2.45, 2.75) is 12.3 Å². The minimum absolute atomic E-state index is 0.0469. The smallest absolute Gasteiger partial charge is 0.382 e. The number of aliphatic hydroxyl groups is 1. The molecule has 0 bridgehead atoms. The van der Waals surface area contributed by atoms with Crippen molar-refractivity contribution in [3.8, 4) is 0 Å². The van der Waals surface area contributed by atoms with Gasteiger partial charge >= 0.3 is 6.18 Å². The molecule has 0 spiro atoms. The van der Waals surface area contributed by atoms with Crippen molar-refractivity contribution in [3.05, 3.63) is 29.0 Å². The van der Waals surface area contributed by atoms with Crippen LogP contribution < -0.4 is 5.32 Å². The normalized spacial score (nSPS) is 13.6. The van der Waals surface area contributed by atoms with Crippen molar-refractivity contribution in [2.75, 3.05) is 11.9 Å². The first-order valence-corrected chi connectivity index (χ1v) is 4.63. The molecule has 1 aromatic carbocycles. The maximum Gasteiger partial charge on any atom is 0.416 e. The Morgan fingerprint density at radius 3 is 2.50 bits per heavy atom. The van der Waals surface area contributed by atoms with E-state index in [1.54, 1.807) is 0 Å². The molecule has 2 N–H and O–H groups in total. The summed E-state index contributed by atoms with van der Waals surface area (Å²) in [6, 6.07) is 3.70. The molecule has 0 aliphatic heterocycles. The van der Waals surface area contributed by atoms with Gasteiger partial charge in [0.25, 0.3) is 0 Å². The molecule has 0 amide bonds. The first-order chi connectivity index (χ1) is 7.32. The summed E-state index contributed by atoms with van der Waals surface area (Å²) in [4.78, 5) is 0. The zero-order valence-corrected chi connectivity index (χ0v) is 8.61. The molecule has 90 valence electrons. The Balaban J connectivity index is 2.69. The van der Waals surface area contributed by atoms with E-state index >= 15 is 0 Å². The van der Waals surface area contributed by atoms with Gasteiger partial charge in [-0.05, 0) is 12.1 Å². The molecule has 0 saturated carbocycles. The van der Waals surface area contributed by atoms with Gasteiger partial charge in [-0.25, -0.2) is 4.39 Å². The van der Waals surface area contributed by atoms with Gasteiger partial charge in [0.1, 0.15) is 5.82 Å². The summed E-state index contributed by atoms with van der Waals surface area (Å²) in [7, 11) is 0. The van der Waals surface area contributed by atoms with Crippen molar-refractivity contribution in [1.82, 2.24) is 0 Å². The molecule has 7 heteroatoms. The third kappa shape index (κ3) is 3.24. The maximum atomic E-state index is 13.1. The van der Waals surface area contributed by atoms with E-state index in [0.717, 1.165) is 6.07 Å². The number of halogens is 5. The van der Waals surface area contributed by atoms with E-state index in [1.807, 2.05) is 0 Å². The zero-order chi connectivity index (χ0) is 12.3. The summed E-state index contributed by atoms with van der Waals surface area (Å²) in [6.07, 6.45) is -7.31. The van der Waals surface area contributed by atoms with Crippen LogP contribution in [0.3, 0.4) is 0 Å². The summed E-state index contributed by atoms with van der Waals surface area (Å²) in [6.45, 7) is -0.857. The van der Waals surface area contributed by atoms with Crippen LogP contribution in [0.25, 0.3) is 0 Å². The van der Waals surface area contributed by atoms with Gasteiger partial charge in [0, 0.05) is 6.54 Å². The van der Waals surface area contributed by atoms with Crippen LogP contribution >= 0.6 is 11.6 Å². The van der Waals surface area contributed by atoms with Crippen LogP contribution in [0, 0.1) is 5.82 Å². The van der Waals surface area contributed by atoms with Gasteiger partial charge in [-0.15, -0.1) is 0 Å². The highest BCUT2D eigenvalue weighted by Gasteiger charge is 2.38. The SMILES string of the molecule is OC(CNc1c(F)cccc1Cl)C(F)(F)F. The lowest BCUT2D eigenvalue weighted by Crippen LogP contribution is -2.35. The largest absolute Gasteiger partial charge is 0.416 e. The molecular formula is C9H8ClF4NO. The topological polar surface area (TPSA) is 32.3 Å². The average Bonchev–Trinajstić information content (AvgIpc) is 2.15. The number of para-hydroxylation sites is 1. The van der Waals surface area contributed by atoms with Crippen LogP contribution in [0.2, 0.25) is 5.02 Å². The maximum absolute atomic E-state index is 13.1. The Labute approximate surface area is 93.8 Å². The summed E-state index contributed by atoms with van der Waals surface area (Å²) >= 11 is 5.56. The van der Waals surface area contributed by atoms with Gasteiger partial charge in [-0.3, -0.25) is 0 Å². The lowest BCUT2D eigenvalue weighted by atomic mass is 10.2. The monoisotopic (exact) mass is 257 g/mol. The number of rotatable bonds is 3. The number of aliphatic hydroxyl groups excluding tert-OH is 1. The van der Waals surface area contributed by atoms with E-state index < -0.39 is 24.6 Å². The highest BCUT2D eigenvalue weighted by atomic mass is 35.5. The van der Waals surface area contributed by atoms with Crippen molar-refractivity contribution >= 4 is 17.3 Å². The molecule has 0 saturated heterocycles. The van der Waals surface area contributed by atoms with Crippen molar-refractivity contribution < 1.29 is 22.7 Å². The highest BCUT2D eigenvalue weighted by Crippen LogP contribution is 2.26. The number of alkyl halides is 3. The predicted octanol–water partition coefficient (Wildman–Crippen LogP) is 2.81. The molecule has 0 radical (unpaired) electrons. The summed E-state index contributed by atoms with van der Waals surface area (Å²) in [5.74, 6) is -0.776. The van der Waals surface area contributed by atoms with E-state index in [4.69, 9.17) is 16.7 Å². The van der Waals surface area contributed by atoms with Crippen LogP contribution in [0.15, 0.2) is 18.2 Å². The molecule has 0 aliphatic carbocycles. The first kappa shape index (κ1) is 13.1. The molecule has 1 rings (SSSR count).